The Bertz CT molecular complexity index is 29.5. The normalized spacial score (nSPS) is 1.75. The van der Waals surface area contributed by atoms with E-state index in [1.54, 1.807) is 0 Å². The van der Waals surface area contributed by atoms with Gasteiger partial charge in [-0.2, -0.15) is 0 Å². The molecule has 4 heavy (non-hydrogen) atoms. The summed E-state index contributed by atoms with van der Waals surface area (Å²) >= 11 is 3.70. The van der Waals surface area contributed by atoms with E-state index in [1.807, 2.05) is 0 Å². The van der Waals surface area contributed by atoms with Crippen LogP contribution in [-0.2, 0) is 12.6 Å². The van der Waals surface area contributed by atoms with Gasteiger partial charge in [0.05, 0.1) is 0 Å². The Labute approximate surface area is 42.6 Å². The van der Waals surface area contributed by atoms with Crippen LogP contribution in [0, 0.1) is 10.7 Å². The predicted octanol–water partition coefficient (Wildman–Crippen LogP) is -2.98. The molecule has 0 unspecified atom stereocenters. The van der Waals surface area contributed by atoms with Gasteiger partial charge in [0.2, 0.25) is 0 Å². The molecule has 0 saturated carbocycles. The predicted molar refractivity (Wildman–Crippen MR) is 13.0 cm³/mol. The number of thiocyanates is 1. The van der Waals surface area contributed by atoms with E-state index in [2.05, 4.69) is 12.6 Å². The van der Waals surface area contributed by atoms with Crippen LogP contribution in [-0.4, -0.2) is 0 Å². The van der Waals surface area contributed by atoms with Crippen LogP contribution in [0.1, 0.15) is 0 Å². The third-order valence-corrected chi connectivity index (χ3v) is 0. The van der Waals surface area contributed by atoms with Gasteiger partial charge in [-0.3, -0.25) is 0 Å². The van der Waals surface area contributed by atoms with E-state index in [-0.39, 0.29) is 18.9 Å². The molecule has 0 aliphatic heterocycles. The minimum Gasteiger partial charge on any atom is -0.696 e. The minimum atomic E-state index is 0. The van der Waals surface area contributed by atoms with E-state index < -0.39 is 0 Å². The fourth-order valence-electron chi connectivity index (χ4n) is 0. The third-order valence-electron chi connectivity index (χ3n) is 0. The van der Waals surface area contributed by atoms with E-state index in [4.69, 9.17) is 5.26 Å². The zero-order valence-electron chi connectivity index (χ0n) is 2.36. The molecule has 0 N–H and O–H groups in total. The maximum Gasteiger partial charge on any atom is 1.00 e. The van der Waals surface area contributed by atoms with Crippen LogP contribution in [0.5, 0.6) is 0 Å². The second kappa shape index (κ2) is 10.3. The molecule has 0 aliphatic rings. The van der Waals surface area contributed by atoms with Crippen molar-refractivity contribution in [1.82, 2.24) is 0 Å². The summed E-state index contributed by atoms with van der Waals surface area (Å²) < 4.78 is 0. The maximum absolute atomic E-state index is 7.13. The molecular formula is CLiNS. The van der Waals surface area contributed by atoms with Gasteiger partial charge >= 0.3 is 18.9 Å². The van der Waals surface area contributed by atoms with Crippen molar-refractivity contribution in [3.63, 3.8) is 0 Å². The summed E-state index contributed by atoms with van der Waals surface area (Å²) in [6.07, 6.45) is 0. The first-order valence-electron chi connectivity index (χ1n) is 0.428. The molecule has 0 amide bonds. The minimum absolute atomic E-state index is 0. The molecule has 0 saturated heterocycles. The Morgan fingerprint density at radius 3 is 1.75 bits per heavy atom. The summed E-state index contributed by atoms with van der Waals surface area (Å²) in [5, 5.41) is 8.47. The average Bonchev–Trinajstić information content (AvgIpc) is 0.918. The quantitative estimate of drug-likeness (QED) is 0.171. The molecule has 0 aromatic carbocycles. The van der Waals surface area contributed by atoms with Crippen LogP contribution in [0.25, 0.3) is 0 Å². The van der Waals surface area contributed by atoms with Gasteiger partial charge in [0.1, 0.15) is 0 Å². The Balaban J connectivity index is 0. The molecule has 1 nitrogen and oxygen atoms in total. The van der Waals surface area contributed by atoms with Gasteiger partial charge in [-0.15, -0.1) is 0 Å². The van der Waals surface area contributed by atoms with Crippen molar-refractivity contribution in [1.29, 1.82) is 5.26 Å². The number of nitrogens with zero attached hydrogens (tertiary/aromatic N) is 1. The molecule has 0 radical (unpaired) electrons. The van der Waals surface area contributed by atoms with Crippen molar-refractivity contribution in [3.8, 4) is 5.40 Å². The fourth-order valence-corrected chi connectivity index (χ4v) is 0. The van der Waals surface area contributed by atoms with Gasteiger partial charge in [-0.1, -0.05) is 5.40 Å². The first-order chi connectivity index (χ1) is 1.41. The average molecular weight is 65.0 g/mol. The molecule has 0 bridgehead atoms. The van der Waals surface area contributed by atoms with E-state index in [1.165, 1.54) is 5.40 Å². The van der Waals surface area contributed by atoms with Gasteiger partial charge < -0.3 is 12.6 Å². The third kappa shape index (κ3) is 41.7. The molecule has 0 atom stereocenters. The number of rotatable bonds is 0. The van der Waals surface area contributed by atoms with Crippen molar-refractivity contribution < 1.29 is 18.9 Å². The molecule has 16 valence electrons. The number of nitriles is 1. The van der Waals surface area contributed by atoms with Crippen LogP contribution in [0.15, 0.2) is 0 Å². The van der Waals surface area contributed by atoms with Crippen LogP contribution < -0.4 is 18.9 Å². The molecule has 0 heterocycles. The molecule has 0 spiro atoms. The Hall–Kier alpha value is 0.307. The van der Waals surface area contributed by atoms with Crippen LogP contribution >= 0.6 is 0 Å². The summed E-state index contributed by atoms with van der Waals surface area (Å²) in [7, 11) is 0. The van der Waals surface area contributed by atoms with Crippen LogP contribution in [0.4, 0.5) is 0 Å². The molecular weight excluding hydrogens is 65.0 g/mol. The van der Waals surface area contributed by atoms with E-state index in [0.717, 1.165) is 0 Å². The standard InChI is InChI=1S/CHNS.Li/c2-1-3;/h3H;/q;+1/p-1. The van der Waals surface area contributed by atoms with Crippen LogP contribution in [0.3, 0.4) is 0 Å². The van der Waals surface area contributed by atoms with Crippen molar-refractivity contribution in [3.05, 3.63) is 0 Å². The van der Waals surface area contributed by atoms with E-state index in [9.17, 15) is 0 Å². The fraction of sp³-hybridized carbons (Fsp3) is 0. The van der Waals surface area contributed by atoms with Gasteiger partial charge in [-0.05, 0) is 0 Å². The van der Waals surface area contributed by atoms with E-state index in [0.29, 0.717) is 0 Å². The summed E-state index contributed by atoms with van der Waals surface area (Å²) in [5.41, 5.74) is 0. The summed E-state index contributed by atoms with van der Waals surface area (Å²) in [6.45, 7) is 0. The van der Waals surface area contributed by atoms with Crippen LogP contribution in [0.2, 0.25) is 0 Å². The Kier molecular flexibility index (Phi) is 22.8. The first kappa shape index (κ1) is 8.85. The first-order valence-corrected chi connectivity index (χ1v) is 0.836. The van der Waals surface area contributed by atoms with Crippen molar-refractivity contribution >= 4 is 12.6 Å². The second-order valence-corrected chi connectivity index (χ2v) is 0.274. The summed E-state index contributed by atoms with van der Waals surface area (Å²) in [6, 6.07) is 0. The summed E-state index contributed by atoms with van der Waals surface area (Å²) in [4.78, 5) is 0. The summed E-state index contributed by atoms with van der Waals surface area (Å²) in [5.74, 6) is 0. The zero-order chi connectivity index (χ0) is 2.71. The molecule has 0 rings (SSSR count). The monoisotopic (exact) mass is 65.0 g/mol. The molecule has 0 aromatic rings. The van der Waals surface area contributed by atoms with Gasteiger partial charge in [0, 0.05) is 0 Å². The molecule has 0 aliphatic carbocycles. The van der Waals surface area contributed by atoms with Gasteiger partial charge in [0.25, 0.3) is 0 Å². The number of hydrogen-bond donors (Lipinski definition) is 0. The van der Waals surface area contributed by atoms with Gasteiger partial charge in [0.15, 0.2) is 0 Å². The molecule has 0 aromatic heterocycles. The van der Waals surface area contributed by atoms with Crippen molar-refractivity contribution in [2.24, 2.45) is 0 Å². The van der Waals surface area contributed by atoms with Gasteiger partial charge in [-0.25, -0.2) is 5.26 Å². The number of hydrogen-bond acceptors (Lipinski definition) is 2. The Morgan fingerprint density at radius 2 is 1.75 bits per heavy atom. The maximum atomic E-state index is 7.13. The SMILES string of the molecule is N#C[S-].[Li+]. The largest absolute Gasteiger partial charge is 1.00 e. The zero-order valence-corrected chi connectivity index (χ0v) is 3.17. The topological polar surface area (TPSA) is 23.8 Å². The van der Waals surface area contributed by atoms with Crippen molar-refractivity contribution in [2.45, 2.75) is 0 Å². The molecule has 3 heteroatoms. The molecule has 0 fully saturated rings. The smallest absolute Gasteiger partial charge is 0.696 e. The Morgan fingerprint density at radius 1 is 1.75 bits per heavy atom. The second-order valence-electron chi connectivity index (χ2n) is 0.0913. The van der Waals surface area contributed by atoms with E-state index >= 15 is 0 Å². The van der Waals surface area contributed by atoms with Crippen molar-refractivity contribution in [2.75, 3.05) is 0 Å².